The summed E-state index contributed by atoms with van der Waals surface area (Å²) in [6.07, 6.45) is 2.36. The minimum Gasteiger partial charge on any atom is -0.327 e. The molecule has 0 spiro atoms. The van der Waals surface area contributed by atoms with Crippen LogP contribution in [0.4, 0.5) is 0 Å². The van der Waals surface area contributed by atoms with Gasteiger partial charge in [0.15, 0.2) is 0 Å². The summed E-state index contributed by atoms with van der Waals surface area (Å²) in [4.78, 5) is 5.10. The van der Waals surface area contributed by atoms with E-state index in [9.17, 15) is 0 Å². The van der Waals surface area contributed by atoms with Gasteiger partial charge in [-0.2, -0.15) is 0 Å². The van der Waals surface area contributed by atoms with Crippen LogP contribution in [-0.2, 0) is 0 Å². The second-order valence-corrected chi connectivity index (χ2v) is 5.54. The Balaban J connectivity index is 2.16. The molecule has 2 N–H and O–H groups in total. The molecule has 1 unspecified atom stereocenters. The molecule has 0 aliphatic carbocycles. The fraction of sp³-hybridized carbons (Fsp3) is 1.00. The van der Waals surface area contributed by atoms with Crippen molar-refractivity contribution >= 4 is 0 Å². The van der Waals surface area contributed by atoms with Crippen LogP contribution < -0.4 is 5.73 Å². The third kappa shape index (κ3) is 5.28. The molecule has 1 saturated heterocycles. The van der Waals surface area contributed by atoms with E-state index in [2.05, 4.69) is 30.6 Å². The van der Waals surface area contributed by atoms with Crippen LogP contribution in [-0.4, -0.2) is 55.1 Å². The highest BCUT2D eigenvalue weighted by atomic mass is 15.3. The zero-order valence-electron chi connectivity index (χ0n) is 11.3. The monoisotopic (exact) mass is 227 g/mol. The van der Waals surface area contributed by atoms with Gasteiger partial charge < -0.3 is 10.6 Å². The number of nitrogens with zero attached hydrogens (tertiary/aromatic N) is 2. The Morgan fingerprint density at radius 2 is 1.50 bits per heavy atom. The highest BCUT2D eigenvalue weighted by Crippen LogP contribution is 2.06. The number of rotatable bonds is 6. The molecule has 0 aromatic rings. The lowest BCUT2D eigenvalue weighted by Gasteiger charge is -2.36. The molecule has 16 heavy (non-hydrogen) atoms. The average Bonchev–Trinajstić information content (AvgIpc) is 2.20. The Morgan fingerprint density at radius 1 is 1.00 bits per heavy atom. The van der Waals surface area contributed by atoms with Crippen LogP contribution in [0.2, 0.25) is 0 Å². The molecular weight excluding hydrogens is 198 g/mol. The molecule has 1 rings (SSSR count). The highest BCUT2D eigenvalue weighted by Gasteiger charge is 2.18. The molecule has 0 aromatic carbocycles. The van der Waals surface area contributed by atoms with E-state index in [1.54, 1.807) is 0 Å². The van der Waals surface area contributed by atoms with E-state index in [0.29, 0.717) is 6.04 Å². The summed E-state index contributed by atoms with van der Waals surface area (Å²) in [5, 5.41) is 0. The SMILES string of the molecule is CCCC(N)CN1CCN(CC(C)C)CC1. The summed E-state index contributed by atoms with van der Waals surface area (Å²) >= 11 is 0. The zero-order chi connectivity index (χ0) is 12.0. The van der Waals surface area contributed by atoms with Crippen LogP contribution in [0.15, 0.2) is 0 Å². The second-order valence-electron chi connectivity index (χ2n) is 5.54. The zero-order valence-corrected chi connectivity index (χ0v) is 11.3. The molecule has 96 valence electrons. The molecule has 3 heteroatoms. The maximum absolute atomic E-state index is 6.08. The van der Waals surface area contributed by atoms with Gasteiger partial charge in [0.2, 0.25) is 0 Å². The van der Waals surface area contributed by atoms with E-state index < -0.39 is 0 Å². The van der Waals surface area contributed by atoms with E-state index in [1.807, 2.05) is 0 Å². The summed E-state index contributed by atoms with van der Waals surface area (Å²) in [5.41, 5.74) is 6.08. The summed E-state index contributed by atoms with van der Waals surface area (Å²) in [5.74, 6) is 0.786. The standard InChI is InChI=1S/C13H29N3/c1-4-5-13(14)11-16-8-6-15(7-9-16)10-12(2)3/h12-13H,4-11,14H2,1-3H3. The highest BCUT2D eigenvalue weighted by molar-refractivity contribution is 4.76. The number of piperazine rings is 1. The van der Waals surface area contributed by atoms with E-state index >= 15 is 0 Å². The minimum absolute atomic E-state index is 0.377. The predicted octanol–water partition coefficient (Wildman–Crippen LogP) is 1.39. The fourth-order valence-electron chi connectivity index (χ4n) is 2.46. The van der Waals surface area contributed by atoms with E-state index in [0.717, 1.165) is 18.9 Å². The molecule has 1 atom stereocenters. The predicted molar refractivity (Wildman–Crippen MR) is 70.6 cm³/mol. The molecule has 0 bridgehead atoms. The normalized spacial score (nSPS) is 21.6. The lowest BCUT2D eigenvalue weighted by molar-refractivity contribution is 0.116. The molecule has 0 aromatic heterocycles. The van der Waals surface area contributed by atoms with Crippen LogP contribution in [0.5, 0.6) is 0 Å². The van der Waals surface area contributed by atoms with Gasteiger partial charge in [0.05, 0.1) is 0 Å². The largest absolute Gasteiger partial charge is 0.327 e. The first-order chi connectivity index (χ1) is 7.61. The Kier molecular flexibility index (Phi) is 6.32. The van der Waals surface area contributed by atoms with Crippen molar-refractivity contribution in [3.63, 3.8) is 0 Å². The maximum atomic E-state index is 6.08. The quantitative estimate of drug-likeness (QED) is 0.744. The van der Waals surface area contributed by atoms with Crippen molar-refractivity contribution < 1.29 is 0 Å². The van der Waals surface area contributed by atoms with Crippen molar-refractivity contribution in [3.05, 3.63) is 0 Å². The van der Waals surface area contributed by atoms with E-state index in [1.165, 1.54) is 39.1 Å². The molecule has 0 amide bonds. The molecule has 1 aliphatic heterocycles. The van der Waals surface area contributed by atoms with Gasteiger partial charge in [0.1, 0.15) is 0 Å². The van der Waals surface area contributed by atoms with Crippen molar-refractivity contribution in [1.82, 2.24) is 9.80 Å². The fourth-order valence-corrected chi connectivity index (χ4v) is 2.46. The van der Waals surface area contributed by atoms with Crippen LogP contribution in [0.25, 0.3) is 0 Å². The molecule has 1 aliphatic rings. The Morgan fingerprint density at radius 3 is 1.94 bits per heavy atom. The van der Waals surface area contributed by atoms with Gasteiger partial charge >= 0.3 is 0 Å². The lowest BCUT2D eigenvalue weighted by atomic mass is 10.1. The van der Waals surface area contributed by atoms with Crippen LogP contribution in [0.1, 0.15) is 33.6 Å². The minimum atomic E-state index is 0.377. The van der Waals surface area contributed by atoms with E-state index in [-0.39, 0.29) is 0 Å². The van der Waals surface area contributed by atoms with E-state index in [4.69, 9.17) is 5.73 Å². The Bertz CT molecular complexity index is 174. The third-order valence-electron chi connectivity index (χ3n) is 3.24. The summed E-state index contributed by atoms with van der Waals surface area (Å²) < 4.78 is 0. The van der Waals surface area contributed by atoms with Crippen LogP contribution >= 0.6 is 0 Å². The number of nitrogens with two attached hydrogens (primary N) is 1. The number of hydrogen-bond donors (Lipinski definition) is 1. The summed E-state index contributed by atoms with van der Waals surface area (Å²) in [6.45, 7) is 14.0. The topological polar surface area (TPSA) is 32.5 Å². The smallest absolute Gasteiger partial charge is 0.0167 e. The second kappa shape index (κ2) is 7.25. The van der Waals surface area contributed by atoms with Crippen molar-refractivity contribution in [2.75, 3.05) is 39.3 Å². The third-order valence-corrected chi connectivity index (χ3v) is 3.24. The van der Waals surface area contributed by atoms with Gasteiger partial charge in [-0.3, -0.25) is 4.90 Å². The van der Waals surface area contributed by atoms with Crippen molar-refractivity contribution in [1.29, 1.82) is 0 Å². The molecule has 0 saturated carbocycles. The molecule has 1 heterocycles. The van der Waals surface area contributed by atoms with Gasteiger partial charge in [-0.05, 0) is 12.3 Å². The Hall–Kier alpha value is -0.120. The molecule has 3 nitrogen and oxygen atoms in total. The first-order valence-corrected chi connectivity index (χ1v) is 6.82. The van der Waals surface area contributed by atoms with Crippen molar-refractivity contribution in [2.24, 2.45) is 11.7 Å². The first-order valence-electron chi connectivity index (χ1n) is 6.82. The van der Waals surface area contributed by atoms with Crippen molar-refractivity contribution in [2.45, 2.75) is 39.7 Å². The van der Waals surface area contributed by atoms with Crippen molar-refractivity contribution in [3.8, 4) is 0 Å². The van der Waals surface area contributed by atoms with Gasteiger partial charge in [0, 0.05) is 45.3 Å². The molecule has 1 fully saturated rings. The average molecular weight is 227 g/mol. The van der Waals surface area contributed by atoms with Gasteiger partial charge in [0.25, 0.3) is 0 Å². The van der Waals surface area contributed by atoms with Gasteiger partial charge in [-0.15, -0.1) is 0 Å². The van der Waals surface area contributed by atoms with Gasteiger partial charge in [-0.1, -0.05) is 27.2 Å². The summed E-state index contributed by atoms with van der Waals surface area (Å²) in [7, 11) is 0. The molecular formula is C13H29N3. The maximum Gasteiger partial charge on any atom is 0.0167 e. The lowest BCUT2D eigenvalue weighted by Crippen LogP contribution is -2.50. The summed E-state index contributed by atoms with van der Waals surface area (Å²) in [6, 6.07) is 0.377. The Labute approximate surface area is 101 Å². The van der Waals surface area contributed by atoms with Crippen LogP contribution in [0, 0.1) is 5.92 Å². The molecule has 0 radical (unpaired) electrons. The van der Waals surface area contributed by atoms with Gasteiger partial charge in [-0.25, -0.2) is 0 Å². The number of hydrogen-bond acceptors (Lipinski definition) is 3. The van der Waals surface area contributed by atoms with Crippen LogP contribution in [0.3, 0.4) is 0 Å². The first kappa shape index (κ1) is 13.9.